The maximum atomic E-state index is 8.99. The van der Waals surface area contributed by atoms with E-state index in [0.717, 1.165) is 16.9 Å². The first-order valence-electron chi connectivity index (χ1n) is 5.47. The molecule has 0 radical (unpaired) electrons. The smallest absolute Gasteiger partial charge is 0.101 e. The predicted molar refractivity (Wildman–Crippen MR) is 74.3 cm³/mol. The van der Waals surface area contributed by atoms with Gasteiger partial charge in [0.05, 0.1) is 11.3 Å². The van der Waals surface area contributed by atoms with Gasteiger partial charge in [-0.1, -0.05) is 23.7 Å². The van der Waals surface area contributed by atoms with E-state index in [4.69, 9.17) is 22.6 Å². The van der Waals surface area contributed by atoms with Crippen LogP contribution in [-0.2, 0) is 6.54 Å². The molecule has 0 aliphatic rings. The van der Waals surface area contributed by atoms with E-state index >= 15 is 0 Å². The van der Waals surface area contributed by atoms with Gasteiger partial charge in [0.2, 0.25) is 0 Å². The molecule has 0 aliphatic carbocycles. The summed E-state index contributed by atoms with van der Waals surface area (Å²) in [5.41, 5.74) is 8.76. The number of nitrogens with two attached hydrogens (primary N) is 1. The molecule has 0 saturated carbocycles. The predicted octanol–water partition coefficient (Wildman–Crippen LogP) is 3.41. The fraction of sp³-hybridized carbons (Fsp3) is 0.0714. The third-order valence-corrected chi connectivity index (χ3v) is 2.80. The molecule has 0 bridgehead atoms. The third-order valence-electron chi connectivity index (χ3n) is 2.56. The molecule has 0 aliphatic heterocycles. The zero-order valence-electron chi connectivity index (χ0n) is 9.65. The van der Waals surface area contributed by atoms with Gasteiger partial charge in [0.15, 0.2) is 0 Å². The number of benzene rings is 2. The van der Waals surface area contributed by atoms with Gasteiger partial charge in [-0.05, 0) is 35.9 Å². The van der Waals surface area contributed by atoms with E-state index in [1.54, 1.807) is 18.2 Å². The van der Waals surface area contributed by atoms with Gasteiger partial charge in [-0.15, -0.1) is 0 Å². The molecule has 2 aromatic carbocycles. The number of hydrogen-bond acceptors (Lipinski definition) is 3. The molecule has 0 atom stereocenters. The van der Waals surface area contributed by atoms with Gasteiger partial charge >= 0.3 is 0 Å². The van der Waals surface area contributed by atoms with E-state index in [1.807, 2.05) is 24.3 Å². The first-order valence-corrected chi connectivity index (χ1v) is 5.85. The maximum Gasteiger partial charge on any atom is 0.101 e. The second-order valence-corrected chi connectivity index (χ2v) is 4.33. The monoisotopic (exact) mass is 257 g/mol. The summed E-state index contributed by atoms with van der Waals surface area (Å²) in [7, 11) is 0. The standard InChI is InChI=1S/C14H12ClN3/c15-12-4-3-11(8-16)14(7-12)18-9-10-1-5-13(17)6-2-10/h1-7,18H,9,17H2. The van der Waals surface area contributed by atoms with Crippen LogP contribution < -0.4 is 11.1 Å². The minimum absolute atomic E-state index is 0.579. The lowest BCUT2D eigenvalue weighted by Gasteiger charge is -2.09. The molecule has 2 aromatic rings. The Morgan fingerprint density at radius 3 is 2.56 bits per heavy atom. The summed E-state index contributed by atoms with van der Waals surface area (Å²) in [6, 6.07) is 14.9. The maximum absolute atomic E-state index is 8.99. The number of nitrogen functional groups attached to an aromatic ring is 1. The fourth-order valence-corrected chi connectivity index (χ4v) is 1.77. The molecule has 0 unspecified atom stereocenters. The highest BCUT2D eigenvalue weighted by atomic mass is 35.5. The average molecular weight is 258 g/mol. The molecule has 3 N–H and O–H groups in total. The molecule has 0 aromatic heterocycles. The molecular formula is C14H12ClN3. The molecule has 0 saturated heterocycles. The van der Waals surface area contributed by atoms with Crippen LogP contribution in [0.4, 0.5) is 11.4 Å². The van der Waals surface area contributed by atoms with E-state index < -0.39 is 0 Å². The van der Waals surface area contributed by atoms with Gasteiger partial charge in [-0.3, -0.25) is 0 Å². The topological polar surface area (TPSA) is 61.8 Å². The first kappa shape index (κ1) is 12.3. The van der Waals surface area contributed by atoms with Crippen LogP contribution in [0.15, 0.2) is 42.5 Å². The van der Waals surface area contributed by atoms with Crippen LogP contribution in [0, 0.1) is 11.3 Å². The van der Waals surface area contributed by atoms with Gasteiger partial charge in [0, 0.05) is 17.3 Å². The molecule has 90 valence electrons. The zero-order valence-corrected chi connectivity index (χ0v) is 10.4. The van der Waals surface area contributed by atoms with Gasteiger partial charge in [-0.25, -0.2) is 0 Å². The summed E-state index contributed by atoms with van der Waals surface area (Å²) in [4.78, 5) is 0. The Balaban J connectivity index is 2.13. The Labute approximate surface area is 111 Å². The number of anilines is 2. The number of hydrogen-bond donors (Lipinski definition) is 2. The van der Waals surface area contributed by atoms with Gasteiger partial charge in [0.1, 0.15) is 6.07 Å². The van der Waals surface area contributed by atoms with E-state index in [2.05, 4.69) is 11.4 Å². The van der Waals surface area contributed by atoms with Gasteiger partial charge in [-0.2, -0.15) is 5.26 Å². The van der Waals surface area contributed by atoms with Crippen molar-refractivity contribution < 1.29 is 0 Å². The lowest BCUT2D eigenvalue weighted by Crippen LogP contribution is -2.01. The number of nitrogens with one attached hydrogen (secondary N) is 1. The van der Waals surface area contributed by atoms with Crippen LogP contribution in [-0.4, -0.2) is 0 Å². The van der Waals surface area contributed by atoms with Crippen molar-refractivity contribution in [1.82, 2.24) is 0 Å². The molecular weight excluding hydrogens is 246 g/mol. The zero-order chi connectivity index (χ0) is 13.0. The van der Waals surface area contributed by atoms with Crippen molar-refractivity contribution in [2.45, 2.75) is 6.54 Å². The number of nitriles is 1. The largest absolute Gasteiger partial charge is 0.399 e. The highest BCUT2D eigenvalue weighted by molar-refractivity contribution is 6.30. The van der Waals surface area contributed by atoms with Crippen molar-refractivity contribution in [2.75, 3.05) is 11.1 Å². The van der Waals surface area contributed by atoms with E-state index in [9.17, 15) is 0 Å². The summed E-state index contributed by atoms with van der Waals surface area (Å²) in [5, 5.41) is 12.8. The first-order chi connectivity index (χ1) is 8.69. The summed E-state index contributed by atoms with van der Waals surface area (Å²) in [6.45, 7) is 0.620. The second kappa shape index (κ2) is 5.44. The Hall–Kier alpha value is -2.18. The summed E-state index contributed by atoms with van der Waals surface area (Å²) >= 11 is 5.91. The van der Waals surface area contributed by atoms with Gasteiger partial charge < -0.3 is 11.1 Å². The Kier molecular flexibility index (Phi) is 3.71. The number of rotatable bonds is 3. The summed E-state index contributed by atoms with van der Waals surface area (Å²) < 4.78 is 0. The van der Waals surface area contributed by atoms with Crippen LogP contribution in [0.3, 0.4) is 0 Å². The molecule has 0 fully saturated rings. The summed E-state index contributed by atoms with van der Waals surface area (Å²) in [6.07, 6.45) is 0. The van der Waals surface area contributed by atoms with Crippen molar-refractivity contribution >= 4 is 23.0 Å². The van der Waals surface area contributed by atoms with Crippen molar-refractivity contribution in [3.05, 3.63) is 58.6 Å². The minimum atomic E-state index is 0.579. The van der Waals surface area contributed by atoms with Crippen LogP contribution >= 0.6 is 11.6 Å². The molecule has 3 nitrogen and oxygen atoms in total. The van der Waals surface area contributed by atoms with Crippen LogP contribution in [0.1, 0.15) is 11.1 Å². The molecule has 18 heavy (non-hydrogen) atoms. The highest BCUT2D eigenvalue weighted by Crippen LogP contribution is 2.21. The average Bonchev–Trinajstić information content (AvgIpc) is 2.38. The third kappa shape index (κ3) is 2.93. The van der Waals surface area contributed by atoms with Crippen molar-refractivity contribution in [3.63, 3.8) is 0 Å². The number of nitrogens with zero attached hydrogens (tertiary/aromatic N) is 1. The Bertz CT molecular complexity index is 585. The Morgan fingerprint density at radius 1 is 1.17 bits per heavy atom. The van der Waals surface area contributed by atoms with E-state index in [1.165, 1.54) is 0 Å². The Morgan fingerprint density at radius 2 is 1.89 bits per heavy atom. The van der Waals surface area contributed by atoms with Crippen LogP contribution in [0.25, 0.3) is 0 Å². The number of halogens is 1. The highest BCUT2D eigenvalue weighted by Gasteiger charge is 2.02. The van der Waals surface area contributed by atoms with E-state index in [0.29, 0.717) is 17.1 Å². The fourth-order valence-electron chi connectivity index (χ4n) is 1.59. The molecule has 0 heterocycles. The summed E-state index contributed by atoms with van der Waals surface area (Å²) in [5.74, 6) is 0. The van der Waals surface area contributed by atoms with Crippen LogP contribution in [0.5, 0.6) is 0 Å². The molecule has 4 heteroatoms. The molecule has 0 spiro atoms. The van der Waals surface area contributed by atoms with Crippen molar-refractivity contribution in [1.29, 1.82) is 5.26 Å². The normalized spacial score (nSPS) is 9.78. The quantitative estimate of drug-likeness (QED) is 0.829. The molecule has 0 amide bonds. The minimum Gasteiger partial charge on any atom is -0.399 e. The van der Waals surface area contributed by atoms with Gasteiger partial charge in [0.25, 0.3) is 0 Å². The SMILES string of the molecule is N#Cc1ccc(Cl)cc1NCc1ccc(N)cc1. The van der Waals surface area contributed by atoms with Crippen molar-refractivity contribution in [3.8, 4) is 6.07 Å². The lowest BCUT2D eigenvalue weighted by molar-refractivity contribution is 1.15. The van der Waals surface area contributed by atoms with E-state index in [-0.39, 0.29) is 0 Å². The molecule has 2 rings (SSSR count). The van der Waals surface area contributed by atoms with Crippen molar-refractivity contribution in [2.24, 2.45) is 0 Å². The second-order valence-electron chi connectivity index (χ2n) is 3.90. The van der Waals surface area contributed by atoms with Crippen LogP contribution in [0.2, 0.25) is 5.02 Å². The lowest BCUT2D eigenvalue weighted by atomic mass is 10.1.